The molecule has 0 fully saturated rings. The minimum Gasteiger partial charge on any atom is -0.508 e. The van der Waals surface area contributed by atoms with E-state index in [9.17, 15) is 24.3 Å². The van der Waals surface area contributed by atoms with E-state index < -0.39 is 41.6 Å². The van der Waals surface area contributed by atoms with E-state index >= 15 is 0 Å². The SMILES string of the molecule is CCCCN(C(=O)C(CC(C)C)NC(=O)OC(C)(C)C)C(C(=O)NCCC(=O)OCC)c1ccc(O)c(C)c1. The Bertz CT molecular complexity index is 972. The van der Waals surface area contributed by atoms with E-state index in [2.05, 4.69) is 10.6 Å². The molecule has 0 heterocycles. The highest BCUT2D eigenvalue weighted by Gasteiger charge is 2.36. The van der Waals surface area contributed by atoms with E-state index in [1.807, 2.05) is 20.8 Å². The van der Waals surface area contributed by atoms with Crippen LogP contribution in [0, 0.1) is 12.8 Å². The van der Waals surface area contributed by atoms with Crippen LogP contribution in [0.1, 0.15) is 91.3 Å². The number of ether oxygens (including phenoxy) is 2. The van der Waals surface area contributed by atoms with Crippen molar-refractivity contribution in [3.05, 3.63) is 29.3 Å². The number of carbonyl (C=O) groups is 4. The lowest BCUT2D eigenvalue weighted by Crippen LogP contribution is -2.53. The van der Waals surface area contributed by atoms with Gasteiger partial charge in [-0.05, 0) is 76.6 Å². The van der Waals surface area contributed by atoms with Crippen LogP contribution >= 0.6 is 0 Å². The van der Waals surface area contributed by atoms with Gasteiger partial charge in [0.1, 0.15) is 23.4 Å². The molecule has 3 N–H and O–H groups in total. The van der Waals surface area contributed by atoms with Gasteiger partial charge in [0.25, 0.3) is 0 Å². The molecule has 0 aromatic heterocycles. The zero-order chi connectivity index (χ0) is 29.8. The summed E-state index contributed by atoms with van der Waals surface area (Å²) < 4.78 is 10.3. The van der Waals surface area contributed by atoms with Crippen molar-refractivity contribution in [2.75, 3.05) is 19.7 Å². The number of nitrogens with one attached hydrogen (secondary N) is 2. The molecule has 0 aliphatic rings. The van der Waals surface area contributed by atoms with Crippen molar-refractivity contribution in [2.45, 2.75) is 98.8 Å². The van der Waals surface area contributed by atoms with Crippen LogP contribution in [0.4, 0.5) is 4.79 Å². The molecule has 0 bridgehead atoms. The second-order valence-corrected chi connectivity index (χ2v) is 11.0. The molecule has 0 radical (unpaired) electrons. The second kappa shape index (κ2) is 16.0. The lowest BCUT2D eigenvalue weighted by atomic mass is 9.97. The van der Waals surface area contributed by atoms with Crippen molar-refractivity contribution in [2.24, 2.45) is 5.92 Å². The number of benzene rings is 1. The van der Waals surface area contributed by atoms with Gasteiger partial charge in [-0.1, -0.05) is 33.3 Å². The fourth-order valence-corrected chi connectivity index (χ4v) is 3.98. The van der Waals surface area contributed by atoms with Crippen LogP contribution in [-0.4, -0.2) is 65.2 Å². The normalized spacial score (nSPS) is 12.8. The molecular weight excluding hydrogens is 502 g/mol. The highest BCUT2D eigenvalue weighted by Crippen LogP contribution is 2.28. The molecule has 0 aliphatic carbocycles. The number of rotatable bonds is 14. The van der Waals surface area contributed by atoms with Crippen molar-refractivity contribution in [3.8, 4) is 5.75 Å². The molecule has 10 heteroatoms. The van der Waals surface area contributed by atoms with Gasteiger partial charge in [0.2, 0.25) is 11.8 Å². The number of alkyl carbamates (subject to hydrolysis) is 1. The van der Waals surface area contributed by atoms with Gasteiger partial charge in [0.15, 0.2) is 0 Å². The van der Waals surface area contributed by atoms with Gasteiger partial charge >= 0.3 is 12.1 Å². The lowest BCUT2D eigenvalue weighted by molar-refractivity contribution is -0.144. The van der Waals surface area contributed by atoms with Crippen molar-refractivity contribution < 1.29 is 33.8 Å². The van der Waals surface area contributed by atoms with Gasteiger partial charge in [-0.15, -0.1) is 0 Å². The van der Waals surface area contributed by atoms with Gasteiger partial charge < -0.3 is 30.1 Å². The summed E-state index contributed by atoms with van der Waals surface area (Å²) in [5.41, 5.74) is 0.303. The van der Waals surface area contributed by atoms with Crippen molar-refractivity contribution >= 4 is 23.9 Å². The average Bonchev–Trinajstić information content (AvgIpc) is 2.81. The summed E-state index contributed by atoms with van der Waals surface area (Å²) >= 11 is 0. The first kappa shape index (κ1) is 33.7. The Labute approximate surface area is 232 Å². The minimum atomic E-state index is -1.05. The Morgan fingerprint density at radius 3 is 2.31 bits per heavy atom. The van der Waals surface area contributed by atoms with Gasteiger partial charge in [-0.2, -0.15) is 0 Å². The third kappa shape index (κ3) is 12.0. The molecule has 39 heavy (non-hydrogen) atoms. The Morgan fingerprint density at radius 2 is 1.77 bits per heavy atom. The molecule has 10 nitrogen and oxygen atoms in total. The largest absolute Gasteiger partial charge is 0.508 e. The number of unbranched alkanes of at least 4 members (excludes halogenated alkanes) is 1. The van der Waals surface area contributed by atoms with E-state index in [-0.39, 0.29) is 37.8 Å². The third-order valence-corrected chi connectivity index (χ3v) is 5.76. The second-order valence-electron chi connectivity index (χ2n) is 11.0. The summed E-state index contributed by atoms with van der Waals surface area (Å²) in [7, 11) is 0. The summed E-state index contributed by atoms with van der Waals surface area (Å²) in [4.78, 5) is 53.6. The first-order valence-corrected chi connectivity index (χ1v) is 13.7. The van der Waals surface area contributed by atoms with Gasteiger partial charge in [0.05, 0.1) is 13.0 Å². The molecule has 220 valence electrons. The monoisotopic (exact) mass is 549 g/mol. The summed E-state index contributed by atoms with van der Waals surface area (Å²) in [6, 6.07) is 2.76. The molecule has 0 spiro atoms. The summed E-state index contributed by atoms with van der Waals surface area (Å²) in [6.45, 7) is 15.0. The highest BCUT2D eigenvalue weighted by molar-refractivity contribution is 5.92. The van der Waals surface area contributed by atoms with Crippen LogP contribution < -0.4 is 10.6 Å². The number of aromatic hydroxyl groups is 1. The van der Waals surface area contributed by atoms with E-state index in [1.54, 1.807) is 46.8 Å². The quantitative estimate of drug-likeness (QED) is 0.293. The molecule has 2 atom stereocenters. The van der Waals surface area contributed by atoms with Crippen molar-refractivity contribution in [3.63, 3.8) is 0 Å². The summed E-state index contributed by atoms with van der Waals surface area (Å²) in [5.74, 6) is -1.20. The molecule has 2 unspecified atom stereocenters. The van der Waals surface area contributed by atoms with E-state index in [1.165, 1.54) is 11.0 Å². The smallest absolute Gasteiger partial charge is 0.408 e. The Morgan fingerprint density at radius 1 is 1.10 bits per heavy atom. The topological polar surface area (TPSA) is 134 Å². The molecule has 0 saturated carbocycles. The molecule has 3 amide bonds. The third-order valence-electron chi connectivity index (χ3n) is 5.76. The van der Waals surface area contributed by atoms with Crippen LogP contribution in [0.25, 0.3) is 0 Å². The van der Waals surface area contributed by atoms with Crippen molar-refractivity contribution in [1.29, 1.82) is 0 Å². The Kier molecular flexibility index (Phi) is 13.8. The number of esters is 1. The molecule has 1 aromatic rings. The van der Waals surface area contributed by atoms with Crippen molar-refractivity contribution in [1.82, 2.24) is 15.5 Å². The zero-order valence-electron chi connectivity index (χ0n) is 24.8. The number of nitrogens with zero attached hydrogens (tertiary/aromatic N) is 1. The van der Waals surface area contributed by atoms with Gasteiger partial charge in [-0.25, -0.2) is 4.79 Å². The number of hydrogen-bond acceptors (Lipinski definition) is 7. The van der Waals surface area contributed by atoms with Gasteiger partial charge in [-0.3, -0.25) is 14.4 Å². The molecule has 1 aromatic carbocycles. The van der Waals surface area contributed by atoms with Crippen LogP contribution in [0.15, 0.2) is 18.2 Å². The summed E-state index contributed by atoms with van der Waals surface area (Å²) in [5, 5.41) is 15.6. The molecule has 0 aliphatic heterocycles. The average molecular weight is 550 g/mol. The first-order valence-electron chi connectivity index (χ1n) is 13.7. The number of carbonyl (C=O) groups excluding carboxylic acids is 4. The predicted octanol–water partition coefficient (Wildman–Crippen LogP) is 4.38. The van der Waals surface area contributed by atoms with E-state index in [0.29, 0.717) is 24.0 Å². The predicted molar refractivity (Wildman–Crippen MR) is 149 cm³/mol. The maximum absolute atomic E-state index is 14.1. The van der Waals surface area contributed by atoms with Crippen LogP contribution in [0.5, 0.6) is 5.75 Å². The summed E-state index contributed by atoms with van der Waals surface area (Å²) in [6.07, 6.45) is 1.000. The van der Waals surface area contributed by atoms with Gasteiger partial charge in [0, 0.05) is 13.1 Å². The number of hydrogen-bond donors (Lipinski definition) is 3. The maximum atomic E-state index is 14.1. The Hall–Kier alpha value is -3.30. The molecule has 1 rings (SSSR count). The van der Waals surface area contributed by atoms with E-state index in [0.717, 1.165) is 6.42 Å². The first-order chi connectivity index (χ1) is 18.2. The fourth-order valence-electron chi connectivity index (χ4n) is 3.98. The number of phenols is 1. The minimum absolute atomic E-state index is 0.0139. The zero-order valence-corrected chi connectivity index (χ0v) is 24.8. The Balaban J connectivity index is 3.45. The standard InChI is InChI=1S/C29H47N3O7/c1-9-11-16-32(27(36)22(17-19(3)4)31-28(37)39-29(6,7)8)25(21-12-13-23(33)20(5)18-21)26(35)30-15-14-24(34)38-10-2/h12-13,18-19,22,25,33H,9-11,14-17H2,1-8H3,(H,30,35)(H,31,37). The number of amides is 3. The van der Waals surface area contributed by atoms with Crippen LogP contribution in [0.2, 0.25) is 0 Å². The number of phenolic OH excluding ortho intramolecular Hbond substituents is 1. The molecule has 0 saturated heterocycles. The van der Waals surface area contributed by atoms with Crippen LogP contribution in [0.3, 0.4) is 0 Å². The fraction of sp³-hybridized carbons (Fsp3) is 0.655. The highest BCUT2D eigenvalue weighted by atomic mass is 16.6. The number of aryl methyl sites for hydroxylation is 1. The maximum Gasteiger partial charge on any atom is 0.408 e. The van der Waals surface area contributed by atoms with E-state index in [4.69, 9.17) is 9.47 Å². The molecular formula is C29H47N3O7. The lowest BCUT2D eigenvalue weighted by Gasteiger charge is -2.35. The van der Waals surface area contributed by atoms with Crippen LogP contribution in [-0.2, 0) is 23.9 Å².